The largest absolute Gasteiger partial charge is 0.481 e. The van der Waals surface area contributed by atoms with Crippen LogP contribution in [0.25, 0.3) is 38.9 Å². The van der Waals surface area contributed by atoms with Gasteiger partial charge in [-0.3, -0.25) is 14.4 Å². The van der Waals surface area contributed by atoms with E-state index in [1.807, 2.05) is 32.9 Å². The highest BCUT2D eigenvalue weighted by atomic mass is 16.4. The molecule has 12 nitrogen and oxygen atoms in total. The van der Waals surface area contributed by atoms with Gasteiger partial charge in [0.2, 0.25) is 0 Å². The Balaban J connectivity index is 1.77. The van der Waals surface area contributed by atoms with E-state index in [-0.39, 0.29) is 31.3 Å². The number of nitrogens with one attached hydrogen (secondary N) is 2. The lowest BCUT2D eigenvalue weighted by Crippen LogP contribution is -2.41. The van der Waals surface area contributed by atoms with E-state index >= 15 is 0 Å². The first-order valence-corrected chi connectivity index (χ1v) is 16.1. The number of hydrogen-bond donors (Lipinski definition) is 6. The van der Waals surface area contributed by atoms with Crippen LogP contribution in [0.15, 0.2) is 54.6 Å². The average molecular weight is 677 g/mol. The van der Waals surface area contributed by atoms with Gasteiger partial charge in [-0.25, -0.2) is 14.8 Å². The summed E-state index contributed by atoms with van der Waals surface area (Å²) >= 11 is 0. The Morgan fingerprint density at radius 1 is 0.820 bits per heavy atom. The second-order valence-electron chi connectivity index (χ2n) is 13.0. The Labute approximate surface area is 286 Å². The molecule has 3 aliphatic heterocycles. The maximum Gasteiger partial charge on any atom is 0.332 e. The maximum atomic E-state index is 12.9. The van der Waals surface area contributed by atoms with Crippen molar-refractivity contribution in [3.63, 3.8) is 0 Å². The number of aromatic nitrogens is 4. The van der Waals surface area contributed by atoms with Gasteiger partial charge in [-0.15, -0.1) is 0 Å². The number of allylic oxidation sites excluding steroid dienone is 8. The molecule has 0 aromatic carbocycles. The molecule has 6 N–H and O–H groups in total. The molecule has 2 unspecified atom stereocenters. The number of nitrogens with zero attached hydrogens (tertiary/aromatic N) is 2. The van der Waals surface area contributed by atoms with E-state index in [4.69, 9.17) is 9.97 Å². The molecule has 256 valence electrons. The van der Waals surface area contributed by atoms with E-state index in [9.17, 15) is 39.6 Å². The predicted octanol–water partition coefficient (Wildman–Crippen LogP) is 6.34. The highest BCUT2D eigenvalue weighted by molar-refractivity contribution is 6.01. The molecule has 5 heterocycles. The molecule has 0 amide bonds. The van der Waals surface area contributed by atoms with Gasteiger partial charge in [-0.05, 0) is 98.2 Å². The van der Waals surface area contributed by atoms with Crippen molar-refractivity contribution in [2.24, 2.45) is 5.92 Å². The number of hydrogen-bond acceptors (Lipinski definition) is 6. The highest BCUT2D eigenvalue weighted by Crippen LogP contribution is 2.52. The zero-order valence-corrected chi connectivity index (χ0v) is 28.0. The summed E-state index contributed by atoms with van der Waals surface area (Å²) < 4.78 is 0. The van der Waals surface area contributed by atoms with Crippen molar-refractivity contribution in [1.82, 2.24) is 19.9 Å². The summed E-state index contributed by atoms with van der Waals surface area (Å²) in [6.07, 6.45) is 4.78. The maximum absolute atomic E-state index is 12.9. The Morgan fingerprint density at radius 2 is 1.46 bits per heavy atom. The number of aromatic amines is 2. The standard InChI is InChI=1S/C38H36N4O8/c1-6-20-17(2)27-16-32-38(5)24(10-7-23(36(47)48)35(38)37(49)50)31(42-32)14-26-19(4)22(9-12-34(45)46)30(40-26)15-29-21(8-11-33(43)44)18(3)25(39-29)13-28(20)41-27/h6-7,10,13-16,35,39,42H,1,8-9,11-12H2,2-5H3,(H,43,44)(H,45,46)(H,47,48)(H,49,50). The van der Waals surface area contributed by atoms with Gasteiger partial charge in [0.05, 0.1) is 33.8 Å². The minimum absolute atomic E-state index is 0.103. The Morgan fingerprint density at radius 3 is 2.10 bits per heavy atom. The first-order valence-electron chi connectivity index (χ1n) is 16.1. The summed E-state index contributed by atoms with van der Waals surface area (Å²) in [4.78, 5) is 65.2. The van der Waals surface area contributed by atoms with Gasteiger partial charge in [0.15, 0.2) is 0 Å². The van der Waals surface area contributed by atoms with Gasteiger partial charge in [0.25, 0.3) is 0 Å². The van der Waals surface area contributed by atoms with Crippen LogP contribution < -0.4 is 0 Å². The predicted molar refractivity (Wildman–Crippen MR) is 187 cm³/mol. The third kappa shape index (κ3) is 5.52. The molecule has 2 aromatic heterocycles. The molecule has 50 heavy (non-hydrogen) atoms. The molecule has 1 aliphatic carbocycles. The highest BCUT2D eigenvalue weighted by Gasteiger charge is 2.52. The van der Waals surface area contributed by atoms with Crippen molar-refractivity contribution in [3.8, 4) is 0 Å². The molecule has 0 radical (unpaired) electrons. The van der Waals surface area contributed by atoms with Crippen LogP contribution in [0.1, 0.15) is 85.3 Å². The summed E-state index contributed by atoms with van der Waals surface area (Å²) in [6.45, 7) is 11.3. The molecule has 0 fully saturated rings. The van der Waals surface area contributed by atoms with Crippen LogP contribution in [-0.4, -0.2) is 64.2 Å². The van der Waals surface area contributed by atoms with Crippen molar-refractivity contribution < 1.29 is 39.6 Å². The van der Waals surface area contributed by atoms with Crippen LogP contribution in [0.5, 0.6) is 0 Å². The lowest BCUT2D eigenvalue weighted by atomic mass is 9.64. The second-order valence-corrected chi connectivity index (χ2v) is 13.0. The van der Waals surface area contributed by atoms with Crippen LogP contribution in [0, 0.1) is 12.8 Å². The number of carboxylic acid groups (broad SMARTS) is 4. The van der Waals surface area contributed by atoms with Crippen molar-refractivity contribution in [2.45, 2.75) is 58.8 Å². The molecule has 0 saturated carbocycles. The number of carboxylic acids is 4. The molecule has 2 aromatic rings. The van der Waals surface area contributed by atoms with E-state index in [2.05, 4.69) is 16.5 Å². The summed E-state index contributed by atoms with van der Waals surface area (Å²) in [5.74, 6) is -6.00. The van der Waals surface area contributed by atoms with Crippen molar-refractivity contribution >= 4 is 62.8 Å². The number of fused-ring (bicyclic) bond motifs is 11. The lowest BCUT2D eigenvalue weighted by Gasteiger charge is -2.35. The van der Waals surface area contributed by atoms with Crippen LogP contribution in [0.4, 0.5) is 0 Å². The summed E-state index contributed by atoms with van der Waals surface area (Å²) in [6, 6.07) is 7.17. The number of aliphatic carboxylic acids is 4. The van der Waals surface area contributed by atoms with Gasteiger partial charge in [-0.2, -0.15) is 0 Å². The van der Waals surface area contributed by atoms with Gasteiger partial charge >= 0.3 is 23.9 Å². The molecule has 4 aliphatic rings. The summed E-state index contributed by atoms with van der Waals surface area (Å²) in [7, 11) is 0. The molecule has 12 heteroatoms. The third-order valence-corrected chi connectivity index (χ3v) is 10.1. The molecule has 0 spiro atoms. The van der Waals surface area contributed by atoms with Crippen LogP contribution in [0.3, 0.4) is 0 Å². The normalized spacial score (nSPS) is 19.0. The monoisotopic (exact) mass is 676 g/mol. The first kappa shape index (κ1) is 33.8. The molecular formula is C38H36N4O8. The van der Waals surface area contributed by atoms with Crippen LogP contribution >= 0.6 is 0 Å². The Bertz CT molecular complexity index is 2260. The second kappa shape index (κ2) is 12.4. The van der Waals surface area contributed by atoms with Gasteiger partial charge in [-0.1, -0.05) is 24.8 Å². The molecule has 8 bridgehead atoms. The summed E-state index contributed by atoms with van der Waals surface area (Å²) in [5.41, 5.74) is 7.85. The van der Waals surface area contributed by atoms with E-state index in [0.29, 0.717) is 56.3 Å². The average Bonchev–Trinajstić information content (AvgIpc) is 3.69. The van der Waals surface area contributed by atoms with Gasteiger partial charge in [0, 0.05) is 40.8 Å². The van der Waals surface area contributed by atoms with Crippen molar-refractivity contribution in [3.05, 3.63) is 99.9 Å². The fourth-order valence-electron chi connectivity index (χ4n) is 7.39. The smallest absolute Gasteiger partial charge is 0.332 e. The number of H-pyrrole nitrogens is 2. The molecule has 2 atom stereocenters. The van der Waals surface area contributed by atoms with E-state index in [0.717, 1.165) is 27.8 Å². The molecule has 0 saturated heterocycles. The topological polar surface area (TPSA) is 207 Å². The van der Waals surface area contributed by atoms with Crippen molar-refractivity contribution in [2.75, 3.05) is 0 Å². The fraction of sp³-hybridized carbons (Fsp3) is 0.263. The lowest BCUT2D eigenvalue weighted by molar-refractivity contribution is -0.145. The number of carbonyl (C=O) groups is 4. The Kier molecular flexibility index (Phi) is 8.42. The molecule has 6 rings (SSSR count). The number of rotatable bonds is 9. The minimum Gasteiger partial charge on any atom is -0.481 e. The zero-order chi connectivity index (χ0) is 36.2. The minimum atomic E-state index is -1.44. The zero-order valence-electron chi connectivity index (χ0n) is 28.0. The quantitative estimate of drug-likeness (QED) is 0.174. The van der Waals surface area contributed by atoms with Crippen molar-refractivity contribution in [1.29, 1.82) is 0 Å². The Hall–Kier alpha value is -6.04. The van der Waals surface area contributed by atoms with Crippen LogP contribution in [-0.2, 0) is 31.0 Å². The fourth-order valence-corrected chi connectivity index (χ4v) is 7.39. The van der Waals surface area contributed by atoms with Gasteiger partial charge < -0.3 is 30.4 Å². The SMILES string of the molecule is C=CC1=C(C)c2cc3[nH]c(cc4nc(cc5[nH]c(cc1n2)c(C)c5CCC(=O)O)C(CCC(=O)O)=C4C)C1=CC=C(C(=O)O)C(C(=O)O)C13C. The van der Waals surface area contributed by atoms with E-state index < -0.39 is 35.2 Å². The third-order valence-electron chi connectivity index (χ3n) is 10.1. The summed E-state index contributed by atoms with van der Waals surface area (Å²) in [5, 5.41) is 39.6. The number of aryl methyl sites for hydroxylation is 2. The molecular weight excluding hydrogens is 640 g/mol. The van der Waals surface area contributed by atoms with E-state index in [1.165, 1.54) is 6.08 Å². The van der Waals surface area contributed by atoms with Gasteiger partial charge in [0.1, 0.15) is 5.92 Å². The van der Waals surface area contributed by atoms with Crippen LogP contribution in [0.2, 0.25) is 0 Å². The first-order chi connectivity index (χ1) is 23.6. The van der Waals surface area contributed by atoms with E-state index in [1.54, 1.807) is 31.2 Å².